The number of carbonyl (C=O) groups excluding carboxylic acids is 1. The van der Waals surface area contributed by atoms with Crippen LogP contribution in [0.4, 0.5) is 0 Å². The van der Waals surface area contributed by atoms with Crippen LogP contribution in [0.1, 0.15) is 24.8 Å². The van der Waals surface area contributed by atoms with Crippen LogP contribution in [0, 0.1) is 0 Å². The highest BCUT2D eigenvalue weighted by Crippen LogP contribution is 2.27. The van der Waals surface area contributed by atoms with Crippen LogP contribution >= 0.6 is 0 Å². The fourth-order valence-electron chi connectivity index (χ4n) is 2.02. The third kappa shape index (κ3) is 7.53. The van der Waals surface area contributed by atoms with Gasteiger partial charge in [0.15, 0.2) is 17.5 Å². The molecule has 0 unspecified atom stereocenters. The maximum Gasteiger partial charge on any atom is 0.243 e. The number of guanidine groups is 1. The minimum absolute atomic E-state index is 0.114. The largest absolute Gasteiger partial charge is 0.493 e. The molecule has 0 fully saturated rings. The summed E-state index contributed by atoms with van der Waals surface area (Å²) in [5.41, 5.74) is 11.3. The molecule has 1 amide bonds. The Labute approximate surface area is 142 Å². The molecule has 0 atom stereocenters. The van der Waals surface area contributed by atoms with Gasteiger partial charge in [-0.1, -0.05) is 6.07 Å². The Balaban J connectivity index is 2.32. The van der Waals surface area contributed by atoms with Gasteiger partial charge in [-0.15, -0.1) is 0 Å². The van der Waals surface area contributed by atoms with E-state index in [1.54, 1.807) is 26.4 Å². The van der Waals surface area contributed by atoms with Crippen molar-refractivity contribution in [2.75, 3.05) is 27.3 Å². The van der Waals surface area contributed by atoms with Crippen molar-refractivity contribution in [3.63, 3.8) is 0 Å². The van der Waals surface area contributed by atoms with Crippen LogP contribution in [0.2, 0.25) is 0 Å². The summed E-state index contributed by atoms with van der Waals surface area (Å²) in [5, 5.41) is 2.84. The minimum atomic E-state index is -0.131. The zero-order chi connectivity index (χ0) is 17.8. The molecule has 0 heterocycles. The third-order valence-corrected chi connectivity index (χ3v) is 3.26. The Morgan fingerprint density at radius 1 is 1.17 bits per heavy atom. The normalized spacial score (nSPS) is 10.4. The Bertz CT molecular complexity index is 581. The van der Waals surface area contributed by atoms with Gasteiger partial charge in [-0.2, -0.15) is 0 Å². The number of nitrogens with zero attached hydrogens (tertiary/aromatic N) is 1. The summed E-state index contributed by atoms with van der Waals surface area (Å²) in [5.74, 6) is 1.26. The molecule has 1 rings (SSSR count). The van der Waals surface area contributed by atoms with Gasteiger partial charge in [0.05, 0.1) is 14.2 Å². The van der Waals surface area contributed by atoms with Crippen molar-refractivity contribution in [2.45, 2.75) is 19.3 Å². The summed E-state index contributed by atoms with van der Waals surface area (Å²) in [7, 11) is 3.16. The summed E-state index contributed by atoms with van der Waals surface area (Å²) >= 11 is 0. The molecule has 0 saturated carbocycles. The number of rotatable bonds is 10. The number of unbranched alkanes of at least 4 members (excludes halogenated alkanes) is 2. The van der Waals surface area contributed by atoms with Gasteiger partial charge in [0, 0.05) is 19.2 Å². The second kappa shape index (κ2) is 10.9. The lowest BCUT2D eigenvalue weighted by molar-refractivity contribution is -0.116. The van der Waals surface area contributed by atoms with Gasteiger partial charge < -0.3 is 26.3 Å². The summed E-state index contributed by atoms with van der Waals surface area (Å²) in [6, 6.07) is 5.47. The predicted octanol–water partition coefficient (Wildman–Crippen LogP) is 1.28. The number of aliphatic imine (C=N–C) groups is 1. The fraction of sp³-hybridized carbons (Fsp3) is 0.412. The number of benzene rings is 1. The number of nitrogens with one attached hydrogen (secondary N) is 1. The number of hydrogen-bond donors (Lipinski definition) is 3. The van der Waals surface area contributed by atoms with Crippen molar-refractivity contribution in [3.8, 4) is 11.5 Å². The predicted molar refractivity (Wildman–Crippen MR) is 96.1 cm³/mol. The molecule has 7 nitrogen and oxygen atoms in total. The van der Waals surface area contributed by atoms with Crippen LogP contribution in [-0.2, 0) is 4.79 Å². The molecule has 0 aliphatic carbocycles. The quantitative estimate of drug-likeness (QED) is 0.258. The van der Waals surface area contributed by atoms with E-state index in [1.165, 1.54) is 6.08 Å². The van der Waals surface area contributed by atoms with E-state index in [9.17, 15) is 4.79 Å². The van der Waals surface area contributed by atoms with Crippen molar-refractivity contribution in [1.29, 1.82) is 0 Å². The minimum Gasteiger partial charge on any atom is -0.493 e. The van der Waals surface area contributed by atoms with Crippen LogP contribution in [-0.4, -0.2) is 39.2 Å². The van der Waals surface area contributed by atoms with Crippen molar-refractivity contribution in [1.82, 2.24) is 5.32 Å². The van der Waals surface area contributed by atoms with E-state index in [-0.39, 0.29) is 11.9 Å². The highest BCUT2D eigenvalue weighted by atomic mass is 16.5. The van der Waals surface area contributed by atoms with Crippen molar-refractivity contribution in [2.24, 2.45) is 16.5 Å². The van der Waals surface area contributed by atoms with Gasteiger partial charge in [0.2, 0.25) is 5.91 Å². The molecule has 0 bridgehead atoms. The Kier molecular flexibility index (Phi) is 8.81. The van der Waals surface area contributed by atoms with Gasteiger partial charge in [0.25, 0.3) is 0 Å². The topological polar surface area (TPSA) is 112 Å². The summed E-state index contributed by atoms with van der Waals surface area (Å²) in [6.07, 6.45) is 5.97. The van der Waals surface area contributed by atoms with E-state index in [4.69, 9.17) is 20.9 Å². The number of hydrogen-bond acceptors (Lipinski definition) is 4. The molecule has 7 heteroatoms. The van der Waals surface area contributed by atoms with Crippen LogP contribution in [0.25, 0.3) is 6.08 Å². The molecule has 5 N–H and O–H groups in total. The molecule has 132 valence electrons. The second-order valence-electron chi connectivity index (χ2n) is 5.11. The molecular weight excluding hydrogens is 308 g/mol. The van der Waals surface area contributed by atoms with Crippen LogP contribution in [0.3, 0.4) is 0 Å². The van der Waals surface area contributed by atoms with E-state index < -0.39 is 0 Å². The monoisotopic (exact) mass is 334 g/mol. The van der Waals surface area contributed by atoms with E-state index >= 15 is 0 Å². The zero-order valence-corrected chi connectivity index (χ0v) is 14.2. The molecule has 0 saturated heterocycles. The van der Waals surface area contributed by atoms with E-state index in [0.717, 1.165) is 24.8 Å². The second-order valence-corrected chi connectivity index (χ2v) is 5.11. The average molecular weight is 334 g/mol. The van der Waals surface area contributed by atoms with Crippen molar-refractivity contribution < 1.29 is 14.3 Å². The van der Waals surface area contributed by atoms with Crippen molar-refractivity contribution >= 4 is 17.9 Å². The zero-order valence-electron chi connectivity index (χ0n) is 14.2. The van der Waals surface area contributed by atoms with Gasteiger partial charge >= 0.3 is 0 Å². The van der Waals surface area contributed by atoms with Gasteiger partial charge in [-0.3, -0.25) is 9.79 Å². The molecular formula is C17H26N4O3. The Morgan fingerprint density at radius 2 is 1.92 bits per heavy atom. The smallest absolute Gasteiger partial charge is 0.243 e. The van der Waals surface area contributed by atoms with Gasteiger partial charge in [-0.05, 0) is 43.0 Å². The average Bonchev–Trinajstić information content (AvgIpc) is 2.58. The van der Waals surface area contributed by atoms with Crippen LogP contribution in [0.15, 0.2) is 29.3 Å². The lowest BCUT2D eigenvalue weighted by atomic mass is 10.2. The molecule has 0 aromatic heterocycles. The maximum absolute atomic E-state index is 11.8. The highest BCUT2D eigenvalue weighted by molar-refractivity contribution is 5.91. The Morgan fingerprint density at radius 3 is 2.58 bits per heavy atom. The molecule has 24 heavy (non-hydrogen) atoms. The lowest BCUT2D eigenvalue weighted by Crippen LogP contribution is -2.23. The molecule has 0 spiro atoms. The summed E-state index contributed by atoms with van der Waals surface area (Å²) < 4.78 is 10.4. The highest BCUT2D eigenvalue weighted by Gasteiger charge is 2.03. The number of methoxy groups -OCH3 is 2. The van der Waals surface area contributed by atoms with Gasteiger partial charge in [-0.25, -0.2) is 0 Å². The maximum atomic E-state index is 11.8. The molecule has 0 radical (unpaired) electrons. The molecule has 0 aliphatic rings. The third-order valence-electron chi connectivity index (χ3n) is 3.26. The number of nitrogens with two attached hydrogens (primary N) is 2. The first kappa shape index (κ1) is 19.3. The first-order valence-corrected chi connectivity index (χ1v) is 7.80. The number of amides is 1. The van der Waals surface area contributed by atoms with Crippen LogP contribution in [0.5, 0.6) is 11.5 Å². The van der Waals surface area contributed by atoms with Crippen LogP contribution < -0.4 is 26.3 Å². The first-order valence-electron chi connectivity index (χ1n) is 7.80. The summed E-state index contributed by atoms with van der Waals surface area (Å²) in [6.45, 7) is 1.24. The Hall–Kier alpha value is -2.70. The molecule has 1 aromatic rings. The fourth-order valence-corrected chi connectivity index (χ4v) is 2.02. The number of carbonyl (C=O) groups is 1. The first-order chi connectivity index (χ1) is 11.6. The lowest BCUT2D eigenvalue weighted by Gasteiger charge is -2.07. The number of ether oxygens (including phenoxy) is 2. The summed E-state index contributed by atoms with van der Waals surface area (Å²) in [4.78, 5) is 15.7. The standard InChI is InChI=1S/C17H26N4O3/c1-23-14-8-6-13(12-15(14)24-2)7-9-16(22)20-10-4-3-5-11-21-17(18)19/h6-9,12H,3-5,10-11H2,1-2H3,(H,20,22)(H4,18,19,21)/b9-7+. The van der Waals surface area contributed by atoms with E-state index in [0.29, 0.717) is 24.6 Å². The van der Waals surface area contributed by atoms with E-state index in [1.807, 2.05) is 12.1 Å². The SMILES string of the molecule is COc1ccc(/C=C/C(=O)NCCCCCN=C(N)N)cc1OC. The van der Waals surface area contributed by atoms with E-state index in [2.05, 4.69) is 10.3 Å². The van der Waals surface area contributed by atoms with Gasteiger partial charge in [0.1, 0.15) is 0 Å². The molecule has 1 aromatic carbocycles. The van der Waals surface area contributed by atoms with Crippen molar-refractivity contribution in [3.05, 3.63) is 29.8 Å². The molecule has 0 aliphatic heterocycles.